The summed E-state index contributed by atoms with van der Waals surface area (Å²) in [6.07, 6.45) is 1.49. The van der Waals surface area contributed by atoms with Gasteiger partial charge in [0.05, 0.1) is 19.4 Å². The fourth-order valence-electron chi connectivity index (χ4n) is 3.70. The van der Waals surface area contributed by atoms with E-state index in [9.17, 15) is 4.79 Å². The zero-order chi connectivity index (χ0) is 23.5. The van der Waals surface area contributed by atoms with Gasteiger partial charge in [-0.25, -0.2) is 9.97 Å². The molecule has 4 aromatic rings. The van der Waals surface area contributed by atoms with Crippen molar-refractivity contribution in [3.05, 3.63) is 87.4 Å². The van der Waals surface area contributed by atoms with Gasteiger partial charge in [0.25, 0.3) is 5.91 Å². The van der Waals surface area contributed by atoms with E-state index >= 15 is 0 Å². The Hall–Kier alpha value is -3.65. The lowest BCUT2D eigenvalue weighted by Crippen LogP contribution is -2.18. The van der Waals surface area contributed by atoms with Crippen molar-refractivity contribution in [1.82, 2.24) is 9.97 Å². The number of aryl methyl sites for hydroxylation is 3. The molecule has 0 spiro atoms. The van der Waals surface area contributed by atoms with E-state index in [4.69, 9.17) is 9.15 Å². The smallest absolute Gasteiger partial charge is 0.291 e. The normalized spacial score (nSPS) is 11.8. The van der Waals surface area contributed by atoms with Gasteiger partial charge in [-0.2, -0.15) is 0 Å². The fraction of sp³-hybridized carbons (Fsp3) is 0.240. The third-order valence-corrected chi connectivity index (χ3v) is 6.54. The molecule has 2 N–H and O–H groups in total. The molecule has 0 aliphatic rings. The molecule has 3 heterocycles. The molecule has 0 saturated heterocycles. The molecule has 0 saturated carbocycles. The first-order valence-corrected chi connectivity index (χ1v) is 11.3. The number of benzene rings is 1. The molecule has 4 rings (SSSR count). The van der Waals surface area contributed by atoms with Crippen LogP contribution in [0.15, 0.2) is 53.1 Å². The van der Waals surface area contributed by atoms with E-state index in [0.29, 0.717) is 5.95 Å². The molecular weight excluding hydrogens is 436 g/mol. The maximum Gasteiger partial charge on any atom is 0.291 e. The van der Waals surface area contributed by atoms with Crippen molar-refractivity contribution in [2.45, 2.75) is 33.7 Å². The molecule has 0 aliphatic carbocycles. The number of amides is 1. The van der Waals surface area contributed by atoms with Gasteiger partial charge < -0.3 is 19.8 Å². The minimum atomic E-state index is -0.297. The highest BCUT2D eigenvalue weighted by Gasteiger charge is 2.26. The summed E-state index contributed by atoms with van der Waals surface area (Å²) in [6.45, 7) is 7.99. The van der Waals surface area contributed by atoms with Crippen molar-refractivity contribution < 1.29 is 13.9 Å². The Balaban J connectivity index is 1.79. The van der Waals surface area contributed by atoms with E-state index in [1.807, 2.05) is 51.1 Å². The zero-order valence-electron chi connectivity index (χ0n) is 19.2. The van der Waals surface area contributed by atoms with Gasteiger partial charge in [0.15, 0.2) is 5.76 Å². The number of nitrogens with one attached hydrogen (secondary N) is 2. The highest BCUT2D eigenvalue weighted by atomic mass is 32.1. The third kappa shape index (κ3) is 4.90. The Morgan fingerprint density at radius 3 is 2.36 bits per heavy atom. The van der Waals surface area contributed by atoms with Crippen LogP contribution in [0.3, 0.4) is 0 Å². The van der Waals surface area contributed by atoms with E-state index in [2.05, 4.69) is 27.5 Å². The summed E-state index contributed by atoms with van der Waals surface area (Å²) in [5.41, 5.74) is 4.80. The Bertz CT molecular complexity index is 1240. The number of hydrogen-bond donors (Lipinski definition) is 2. The van der Waals surface area contributed by atoms with Crippen LogP contribution < -0.4 is 15.4 Å². The van der Waals surface area contributed by atoms with Gasteiger partial charge in [-0.1, -0.05) is 12.1 Å². The number of furan rings is 1. The van der Waals surface area contributed by atoms with Crippen molar-refractivity contribution in [1.29, 1.82) is 0 Å². The van der Waals surface area contributed by atoms with Gasteiger partial charge in [0.2, 0.25) is 5.95 Å². The van der Waals surface area contributed by atoms with Crippen molar-refractivity contribution in [2.75, 3.05) is 17.7 Å². The number of ether oxygens (including phenoxy) is 1. The average molecular weight is 463 g/mol. The molecule has 0 fully saturated rings. The molecular formula is C25H26N4O3S. The Labute approximate surface area is 196 Å². The SMILES string of the molecule is COc1ccc([C@@H](Nc2nc(C)cc(C)n2)c2c(NC(=O)c3ccco3)sc(C)c2C)cc1. The Kier molecular flexibility index (Phi) is 6.46. The van der Waals surface area contributed by atoms with Crippen LogP contribution in [0.2, 0.25) is 0 Å². The summed E-state index contributed by atoms with van der Waals surface area (Å²) in [5.74, 6) is 1.26. The second-order valence-electron chi connectivity index (χ2n) is 7.78. The first-order chi connectivity index (χ1) is 15.9. The quantitative estimate of drug-likeness (QED) is 0.359. The molecule has 8 heteroatoms. The van der Waals surface area contributed by atoms with E-state index in [0.717, 1.165) is 43.7 Å². The lowest BCUT2D eigenvalue weighted by atomic mass is 9.96. The topological polar surface area (TPSA) is 89.3 Å². The first kappa shape index (κ1) is 22.5. The number of thiophene rings is 1. The third-order valence-electron chi connectivity index (χ3n) is 5.40. The summed E-state index contributed by atoms with van der Waals surface area (Å²) in [4.78, 5) is 23.1. The lowest BCUT2D eigenvalue weighted by Gasteiger charge is -2.22. The van der Waals surface area contributed by atoms with Crippen LogP contribution in [0.25, 0.3) is 0 Å². The van der Waals surface area contributed by atoms with Crippen LogP contribution in [0.5, 0.6) is 5.75 Å². The number of aromatic nitrogens is 2. The van der Waals surface area contributed by atoms with Crippen molar-refractivity contribution in [2.24, 2.45) is 0 Å². The van der Waals surface area contributed by atoms with Gasteiger partial charge in [-0.3, -0.25) is 4.79 Å². The van der Waals surface area contributed by atoms with Crippen LogP contribution in [0.1, 0.15) is 49.6 Å². The van der Waals surface area contributed by atoms with Gasteiger partial charge in [0.1, 0.15) is 10.8 Å². The summed E-state index contributed by atoms with van der Waals surface area (Å²) in [5, 5.41) is 7.29. The standard InChI is InChI=1S/C25H26N4O3S/c1-14-13-15(2)27-25(26-14)28-22(18-8-10-19(31-5)11-9-18)21-16(3)17(4)33-24(21)29-23(30)20-7-6-12-32-20/h6-13,22H,1-5H3,(H,29,30)(H,26,27,28)/t22-/m1/s1. The van der Waals surface area contributed by atoms with Gasteiger partial charge in [0, 0.05) is 21.8 Å². The number of carbonyl (C=O) groups excluding carboxylic acids is 1. The van der Waals surface area contributed by atoms with Crippen molar-refractivity contribution in [3.63, 3.8) is 0 Å². The van der Waals surface area contributed by atoms with Crippen LogP contribution in [-0.2, 0) is 0 Å². The fourth-order valence-corrected chi connectivity index (χ4v) is 4.79. The number of hydrogen-bond acceptors (Lipinski definition) is 7. The van der Waals surface area contributed by atoms with Gasteiger partial charge in [-0.15, -0.1) is 11.3 Å². The average Bonchev–Trinajstić information content (AvgIpc) is 3.41. The highest BCUT2D eigenvalue weighted by molar-refractivity contribution is 7.16. The number of methoxy groups -OCH3 is 1. The minimum absolute atomic E-state index is 0.260. The lowest BCUT2D eigenvalue weighted by molar-refractivity contribution is 0.0997. The van der Waals surface area contributed by atoms with E-state index in [1.165, 1.54) is 17.6 Å². The van der Waals surface area contributed by atoms with Gasteiger partial charge in [-0.05, 0) is 69.2 Å². The molecule has 3 aromatic heterocycles. The van der Waals surface area contributed by atoms with E-state index in [1.54, 1.807) is 19.2 Å². The Morgan fingerprint density at radius 2 is 1.76 bits per heavy atom. The molecule has 7 nitrogen and oxygen atoms in total. The summed E-state index contributed by atoms with van der Waals surface area (Å²) >= 11 is 1.53. The first-order valence-electron chi connectivity index (χ1n) is 10.5. The molecule has 33 heavy (non-hydrogen) atoms. The summed E-state index contributed by atoms with van der Waals surface area (Å²) in [6, 6.07) is 12.8. The van der Waals surface area contributed by atoms with Gasteiger partial charge >= 0.3 is 0 Å². The number of anilines is 2. The maximum absolute atomic E-state index is 12.8. The van der Waals surface area contributed by atoms with Crippen molar-refractivity contribution in [3.8, 4) is 5.75 Å². The highest BCUT2D eigenvalue weighted by Crippen LogP contribution is 2.41. The van der Waals surface area contributed by atoms with Crippen LogP contribution in [0.4, 0.5) is 10.9 Å². The maximum atomic E-state index is 12.8. The predicted octanol–water partition coefficient (Wildman–Crippen LogP) is 5.83. The van der Waals surface area contributed by atoms with Crippen molar-refractivity contribution >= 4 is 28.2 Å². The number of nitrogens with zero attached hydrogens (tertiary/aromatic N) is 2. The molecule has 0 bridgehead atoms. The largest absolute Gasteiger partial charge is 0.497 e. The van der Waals surface area contributed by atoms with E-state index < -0.39 is 0 Å². The van der Waals surface area contributed by atoms with Crippen LogP contribution in [-0.4, -0.2) is 23.0 Å². The zero-order valence-corrected chi connectivity index (χ0v) is 20.0. The molecule has 0 radical (unpaired) electrons. The molecule has 0 aliphatic heterocycles. The summed E-state index contributed by atoms with van der Waals surface area (Å²) in [7, 11) is 1.64. The summed E-state index contributed by atoms with van der Waals surface area (Å²) < 4.78 is 10.6. The number of rotatable bonds is 7. The molecule has 1 aromatic carbocycles. The molecule has 170 valence electrons. The second kappa shape index (κ2) is 9.46. The monoisotopic (exact) mass is 462 g/mol. The number of carbonyl (C=O) groups is 1. The molecule has 1 amide bonds. The molecule has 1 atom stereocenters. The van der Waals surface area contributed by atoms with Crippen LogP contribution in [0, 0.1) is 27.7 Å². The molecule has 0 unspecified atom stereocenters. The van der Waals surface area contributed by atoms with E-state index in [-0.39, 0.29) is 17.7 Å². The van der Waals surface area contributed by atoms with Crippen LogP contribution >= 0.6 is 11.3 Å². The minimum Gasteiger partial charge on any atom is -0.497 e. The Morgan fingerprint density at radius 1 is 1.06 bits per heavy atom. The predicted molar refractivity (Wildman–Crippen MR) is 130 cm³/mol. The second-order valence-corrected chi connectivity index (χ2v) is 9.01.